The number of benzene rings is 3. The van der Waals surface area contributed by atoms with Crippen LogP contribution in [0, 0.1) is 0 Å². The van der Waals surface area contributed by atoms with Gasteiger partial charge >= 0.3 is 12.1 Å². The van der Waals surface area contributed by atoms with Crippen LogP contribution >= 0.6 is 0 Å². The molecule has 1 aromatic heterocycles. The number of rotatable bonds is 9. The Kier molecular flexibility index (Phi) is 9.27. The van der Waals surface area contributed by atoms with Crippen molar-refractivity contribution in [2.75, 3.05) is 0 Å². The molecular weight excluding hydrogens is 534 g/mol. The van der Waals surface area contributed by atoms with E-state index in [9.17, 15) is 14.7 Å². The van der Waals surface area contributed by atoms with Gasteiger partial charge in [0.2, 0.25) is 0 Å². The topological polar surface area (TPSA) is 107 Å². The van der Waals surface area contributed by atoms with E-state index in [1.54, 1.807) is 0 Å². The number of hydrogen-bond acceptors (Lipinski definition) is 7. The molecular formula is C34H39NO7. The summed E-state index contributed by atoms with van der Waals surface area (Å²) >= 11 is 0. The fraction of sp³-hybridized carbons (Fsp3) is 0.353. The first-order valence-corrected chi connectivity index (χ1v) is 13.9. The maximum atomic E-state index is 12.5. The van der Waals surface area contributed by atoms with Crippen molar-refractivity contribution < 1.29 is 33.3 Å². The first kappa shape index (κ1) is 30.7. The standard InChI is InChI=1S/C34H39NO7/c1-33(2,3)41-30(37)18-25-11-7-8-13-29(25)39-21-23-15-26-17-27(20-36)40-31(26)28(16-23)24-12-9-10-22(14-24)19-35-32(38)42-34(4,5)6/h7-17,36H,18-21H2,1-6H3,(H,35,38). The van der Waals surface area contributed by atoms with Crippen molar-refractivity contribution in [1.82, 2.24) is 5.32 Å². The number of aliphatic hydroxyl groups is 1. The summed E-state index contributed by atoms with van der Waals surface area (Å²) in [5.74, 6) is 0.733. The van der Waals surface area contributed by atoms with Crippen LogP contribution in [0.1, 0.15) is 64.0 Å². The van der Waals surface area contributed by atoms with Gasteiger partial charge in [0.25, 0.3) is 0 Å². The van der Waals surface area contributed by atoms with Gasteiger partial charge in [0.15, 0.2) is 0 Å². The third kappa shape index (κ3) is 8.60. The van der Waals surface area contributed by atoms with Gasteiger partial charge in [-0.25, -0.2) is 4.79 Å². The van der Waals surface area contributed by atoms with Crippen LogP contribution in [0.25, 0.3) is 22.1 Å². The van der Waals surface area contributed by atoms with Crippen molar-refractivity contribution in [2.24, 2.45) is 0 Å². The van der Waals surface area contributed by atoms with Crippen molar-refractivity contribution in [3.63, 3.8) is 0 Å². The van der Waals surface area contributed by atoms with E-state index in [0.29, 0.717) is 23.6 Å². The Balaban J connectivity index is 1.58. The predicted molar refractivity (Wildman–Crippen MR) is 161 cm³/mol. The van der Waals surface area contributed by atoms with Crippen molar-refractivity contribution in [3.8, 4) is 16.9 Å². The summed E-state index contributed by atoms with van der Waals surface area (Å²) in [6, 6.07) is 21.0. The highest BCUT2D eigenvalue weighted by Gasteiger charge is 2.19. The maximum absolute atomic E-state index is 12.5. The molecule has 0 fully saturated rings. The average Bonchev–Trinajstić information content (AvgIpc) is 3.32. The smallest absolute Gasteiger partial charge is 0.407 e. The largest absolute Gasteiger partial charge is 0.489 e. The van der Waals surface area contributed by atoms with Gasteiger partial charge in [0.05, 0.1) is 6.42 Å². The Hall–Kier alpha value is -4.30. The van der Waals surface area contributed by atoms with Crippen LogP contribution < -0.4 is 10.1 Å². The number of esters is 1. The van der Waals surface area contributed by atoms with Gasteiger partial charge in [-0.15, -0.1) is 0 Å². The third-order valence-corrected chi connectivity index (χ3v) is 6.08. The highest BCUT2D eigenvalue weighted by Crippen LogP contribution is 2.34. The Morgan fingerprint density at radius 2 is 1.60 bits per heavy atom. The van der Waals surface area contributed by atoms with Gasteiger partial charge in [-0.3, -0.25) is 4.79 Å². The predicted octanol–water partition coefficient (Wildman–Crippen LogP) is 7.08. The van der Waals surface area contributed by atoms with E-state index in [-0.39, 0.29) is 25.6 Å². The van der Waals surface area contributed by atoms with E-state index in [2.05, 4.69) is 5.32 Å². The van der Waals surface area contributed by atoms with Crippen molar-refractivity contribution >= 4 is 23.0 Å². The molecule has 1 amide bonds. The molecule has 0 atom stereocenters. The zero-order valence-corrected chi connectivity index (χ0v) is 25.1. The van der Waals surface area contributed by atoms with E-state index in [1.165, 1.54) is 0 Å². The molecule has 2 N–H and O–H groups in total. The van der Waals surface area contributed by atoms with Crippen LogP contribution in [0.3, 0.4) is 0 Å². The van der Waals surface area contributed by atoms with Crippen LogP contribution in [0.4, 0.5) is 4.79 Å². The highest BCUT2D eigenvalue weighted by molar-refractivity contribution is 5.93. The summed E-state index contributed by atoms with van der Waals surface area (Å²) in [6.45, 7) is 11.3. The minimum absolute atomic E-state index is 0.101. The normalized spacial score (nSPS) is 11.8. The molecule has 4 aromatic rings. The molecule has 1 heterocycles. The lowest BCUT2D eigenvalue weighted by atomic mass is 9.99. The quantitative estimate of drug-likeness (QED) is 0.206. The SMILES string of the molecule is CC(C)(C)OC(=O)Cc1ccccc1OCc1cc(-c2cccc(CNC(=O)OC(C)(C)C)c2)c2oc(CO)cc2c1. The molecule has 42 heavy (non-hydrogen) atoms. The molecule has 4 rings (SSSR count). The summed E-state index contributed by atoms with van der Waals surface area (Å²) in [4.78, 5) is 24.6. The van der Waals surface area contributed by atoms with Gasteiger partial charge in [0.1, 0.15) is 41.5 Å². The fourth-order valence-corrected chi connectivity index (χ4v) is 4.47. The van der Waals surface area contributed by atoms with Crippen molar-refractivity contribution in [3.05, 3.63) is 89.2 Å². The summed E-state index contributed by atoms with van der Waals surface area (Å²) in [7, 11) is 0. The maximum Gasteiger partial charge on any atom is 0.407 e. The van der Waals surface area contributed by atoms with Crippen molar-refractivity contribution in [2.45, 2.75) is 78.9 Å². The first-order valence-electron chi connectivity index (χ1n) is 13.9. The number of carbonyl (C=O) groups is 2. The van der Waals surface area contributed by atoms with E-state index in [1.807, 2.05) is 108 Å². The number of amides is 1. The Morgan fingerprint density at radius 1 is 0.857 bits per heavy atom. The molecule has 222 valence electrons. The zero-order valence-electron chi connectivity index (χ0n) is 25.1. The number of nitrogens with one attached hydrogen (secondary N) is 1. The average molecular weight is 574 g/mol. The number of fused-ring (bicyclic) bond motifs is 1. The molecule has 0 unspecified atom stereocenters. The first-order chi connectivity index (χ1) is 19.8. The number of ether oxygens (including phenoxy) is 3. The van der Waals surface area contributed by atoms with E-state index < -0.39 is 17.3 Å². The van der Waals surface area contributed by atoms with Crippen LogP contribution in [0.2, 0.25) is 0 Å². The highest BCUT2D eigenvalue weighted by atomic mass is 16.6. The molecule has 0 bridgehead atoms. The van der Waals surface area contributed by atoms with E-state index in [0.717, 1.165) is 33.2 Å². The number of alkyl carbamates (subject to hydrolysis) is 1. The lowest BCUT2D eigenvalue weighted by molar-refractivity contribution is -0.153. The monoisotopic (exact) mass is 573 g/mol. The summed E-state index contributed by atoms with van der Waals surface area (Å²) in [6.07, 6.45) is -0.385. The summed E-state index contributed by atoms with van der Waals surface area (Å²) in [5.41, 5.74) is 3.71. The fourth-order valence-electron chi connectivity index (χ4n) is 4.47. The number of hydrogen-bond donors (Lipinski definition) is 2. The number of carbonyl (C=O) groups excluding carboxylic acids is 2. The molecule has 8 nitrogen and oxygen atoms in total. The Bertz CT molecular complexity index is 1560. The number of furan rings is 1. The van der Waals surface area contributed by atoms with Crippen LogP contribution in [-0.2, 0) is 40.4 Å². The van der Waals surface area contributed by atoms with E-state index in [4.69, 9.17) is 18.6 Å². The molecule has 0 aliphatic carbocycles. The Morgan fingerprint density at radius 3 is 2.31 bits per heavy atom. The van der Waals surface area contributed by atoms with Gasteiger partial charge in [-0.05, 0) is 88.6 Å². The number of aliphatic hydroxyl groups excluding tert-OH is 1. The molecule has 0 aliphatic heterocycles. The van der Waals surface area contributed by atoms with Crippen LogP contribution in [0.15, 0.2) is 71.1 Å². The molecule has 0 radical (unpaired) electrons. The second-order valence-electron chi connectivity index (χ2n) is 12.1. The van der Waals surface area contributed by atoms with Gasteiger partial charge in [-0.2, -0.15) is 0 Å². The lowest BCUT2D eigenvalue weighted by Crippen LogP contribution is -2.32. The second kappa shape index (κ2) is 12.7. The molecule has 0 saturated heterocycles. The van der Waals surface area contributed by atoms with Crippen LogP contribution in [0.5, 0.6) is 5.75 Å². The minimum Gasteiger partial charge on any atom is -0.489 e. The molecule has 0 spiro atoms. The minimum atomic E-state index is -0.583. The van der Waals surface area contributed by atoms with Gasteiger partial charge in [-0.1, -0.05) is 36.4 Å². The molecule has 0 saturated carbocycles. The van der Waals surface area contributed by atoms with Gasteiger partial charge < -0.3 is 29.1 Å². The summed E-state index contributed by atoms with van der Waals surface area (Å²) < 4.78 is 23.0. The second-order valence-corrected chi connectivity index (χ2v) is 12.1. The summed E-state index contributed by atoms with van der Waals surface area (Å²) in [5, 5.41) is 13.4. The molecule has 8 heteroatoms. The van der Waals surface area contributed by atoms with E-state index >= 15 is 0 Å². The van der Waals surface area contributed by atoms with Gasteiger partial charge in [0, 0.05) is 23.1 Å². The zero-order chi connectivity index (χ0) is 30.5. The molecule has 3 aromatic carbocycles. The third-order valence-electron chi connectivity index (χ3n) is 6.08. The lowest BCUT2D eigenvalue weighted by Gasteiger charge is -2.20. The van der Waals surface area contributed by atoms with Crippen molar-refractivity contribution in [1.29, 1.82) is 0 Å². The van der Waals surface area contributed by atoms with Crippen LogP contribution in [-0.4, -0.2) is 28.4 Å². The number of para-hydroxylation sites is 1. The Labute approximate surface area is 246 Å². The molecule has 0 aliphatic rings.